The lowest BCUT2D eigenvalue weighted by molar-refractivity contribution is 0.117. The average Bonchev–Trinajstić information content (AvgIpc) is 1.85. The molecule has 0 aliphatic heterocycles. The first kappa shape index (κ1) is 12.0. The van der Waals surface area contributed by atoms with E-state index in [0.29, 0.717) is 10.8 Å². The van der Waals surface area contributed by atoms with Gasteiger partial charge >= 0.3 is 0 Å². The highest BCUT2D eigenvalue weighted by molar-refractivity contribution is 4.82. The molecule has 0 rings (SSSR count). The molecule has 1 nitrogen and oxygen atoms in total. The summed E-state index contributed by atoms with van der Waals surface area (Å²) in [6, 6.07) is 0. The van der Waals surface area contributed by atoms with Crippen LogP contribution >= 0.6 is 0 Å². The van der Waals surface area contributed by atoms with Gasteiger partial charge in [0.1, 0.15) is 0 Å². The molecule has 0 unspecified atom stereocenters. The molecule has 0 aromatic heterocycles. The lowest BCUT2D eigenvalue weighted by Crippen LogP contribution is -2.30. The Morgan fingerprint density at radius 1 is 1.00 bits per heavy atom. The van der Waals surface area contributed by atoms with Gasteiger partial charge in [0, 0.05) is 0 Å². The first-order valence-electron chi connectivity index (χ1n) is 4.96. The molecular weight excluding hydrogens is 146 g/mol. The van der Waals surface area contributed by atoms with Crippen LogP contribution in [0.5, 0.6) is 0 Å². The van der Waals surface area contributed by atoms with Gasteiger partial charge in [-0.05, 0) is 37.3 Å². The molecule has 0 aliphatic carbocycles. The molecule has 0 bridgehead atoms. The third kappa shape index (κ3) is 3.57. The molecule has 0 saturated heterocycles. The van der Waals surface area contributed by atoms with E-state index in [-0.39, 0.29) is 0 Å². The maximum Gasteiger partial charge on any atom is -0.00517 e. The van der Waals surface area contributed by atoms with E-state index in [1.807, 2.05) is 7.05 Å². The van der Waals surface area contributed by atoms with Crippen LogP contribution in [-0.2, 0) is 0 Å². The highest BCUT2D eigenvalue weighted by atomic mass is 14.8. The van der Waals surface area contributed by atoms with Crippen molar-refractivity contribution < 1.29 is 0 Å². The van der Waals surface area contributed by atoms with Gasteiger partial charge in [-0.25, -0.2) is 0 Å². The van der Waals surface area contributed by atoms with E-state index in [1.54, 1.807) is 0 Å². The van der Waals surface area contributed by atoms with Crippen LogP contribution in [0.1, 0.15) is 47.5 Å². The van der Waals surface area contributed by atoms with Crippen LogP contribution in [0.2, 0.25) is 0 Å². The zero-order valence-corrected chi connectivity index (χ0v) is 9.62. The van der Waals surface area contributed by atoms with Gasteiger partial charge in [0.05, 0.1) is 0 Å². The minimum Gasteiger partial charge on any atom is -0.320 e. The molecule has 0 atom stereocenters. The fourth-order valence-corrected chi connectivity index (χ4v) is 1.08. The second-order valence-corrected chi connectivity index (χ2v) is 5.34. The Kier molecular flexibility index (Phi) is 4.25. The van der Waals surface area contributed by atoms with E-state index in [9.17, 15) is 0 Å². The Bertz CT molecular complexity index is 119. The van der Waals surface area contributed by atoms with Gasteiger partial charge in [0.15, 0.2) is 0 Å². The first-order valence-corrected chi connectivity index (χ1v) is 4.96. The summed E-state index contributed by atoms with van der Waals surface area (Å²) in [7, 11) is 2.02. The summed E-state index contributed by atoms with van der Waals surface area (Å²) in [5, 5.41) is 3.19. The largest absolute Gasteiger partial charge is 0.320 e. The summed E-state index contributed by atoms with van der Waals surface area (Å²) in [4.78, 5) is 0. The van der Waals surface area contributed by atoms with Gasteiger partial charge in [0.25, 0.3) is 0 Å². The van der Waals surface area contributed by atoms with Crippen LogP contribution in [0.25, 0.3) is 0 Å². The maximum atomic E-state index is 3.19. The van der Waals surface area contributed by atoms with Crippen molar-refractivity contribution in [1.29, 1.82) is 0 Å². The summed E-state index contributed by atoms with van der Waals surface area (Å²) in [6.07, 6.45) is 2.58. The molecule has 0 saturated carbocycles. The average molecular weight is 171 g/mol. The molecular formula is C11H25N. The van der Waals surface area contributed by atoms with Crippen molar-refractivity contribution in [2.45, 2.75) is 47.5 Å². The molecule has 0 aromatic carbocycles. The summed E-state index contributed by atoms with van der Waals surface area (Å²) >= 11 is 0. The Labute approximate surface area is 77.9 Å². The molecule has 0 heterocycles. The van der Waals surface area contributed by atoms with Gasteiger partial charge in [-0.2, -0.15) is 0 Å². The number of nitrogens with one attached hydrogen (secondary N) is 1. The minimum atomic E-state index is 0.417. The van der Waals surface area contributed by atoms with E-state index >= 15 is 0 Å². The standard InChI is InChI=1S/C11H25N/c1-10(2,3)11(4,5)8-7-9-12-6/h12H,7-9H2,1-6H3. The molecule has 0 aromatic rings. The quantitative estimate of drug-likeness (QED) is 0.641. The third-order valence-electron chi connectivity index (χ3n) is 3.26. The molecule has 0 amide bonds. The van der Waals surface area contributed by atoms with Gasteiger partial charge in [-0.15, -0.1) is 0 Å². The molecule has 0 spiro atoms. The lowest BCUT2D eigenvalue weighted by Gasteiger charge is -2.39. The fourth-order valence-electron chi connectivity index (χ4n) is 1.08. The summed E-state index contributed by atoms with van der Waals surface area (Å²) in [6.45, 7) is 12.8. The molecule has 0 aliphatic rings. The van der Waals surface area contributed by atoms with Crippen molar-refractivity contribution in [3.05, 3.63) is 0 Å². The van der Waals surface area contributed by atoms with Crippen LogP contribution in [0.3, 0.4) is 0 Å². The maximum absolute atomic E-state index is 3.19. The second kappa shape index (κ2) is 4.27. The van der Waals surface area contributed by atoms with Gasteiger partial charge < -0.3 is 5.32 Å². The van der Waals surface area contributed by atoms with E-state index in [1.165, 1.54) is 12.8 Å². The summed E-state index contributed by atoms with van der Waals surface area (Å²) in [5.41, 5.74) is 0.866. The number of hydrogen-bond donors (Lipinski definition) is 1. The van der Waals surface area contributed by atoms with Crippen molar-refractivity contribution in [3.8, 4) is 0 Å². The Balaban J connectivity index is 3.88. The first-order chi connectivity index (χ1) is 5.31. The molecule has 0 fully saturated rings. The molecule has 0 radical (unpaired) electrons. The predicted molar refractivity (Wildman–Crippen MR) is 56.4 cm³/mol. The Morgan fingerprint density at radius 3 is 1.83 bits per heavy atom. The van der Waals surface area contributed by atoms with Gasteiger partial charge in [-0.3, -0.25) is 0 Å². The highest BCUT2D eigenvalue weighted by Gasteiger charge is 2.31. The zero-order chi connectivity index (χ0) is 9.83. The SMILES string of the molecule is CNCCCC(C)(C)C(C)(C)C. The van der Waals surface area contributed by atoms with Gasteiger partial charge in [0.2, 0.25) is 0 Å². The third-order valence-corrected chi connectivity index (χ3v) is 3.26. The van der Waals surface area contributed by atoms with E-state index in [0.717, 1.165) is 6.54 Å². The van der Waals surface area contributed by atoms with E-state index in [4.69, 9.17) is 0 Å². The lowest BCUT2D eigenvalue weighted by atomic mass is 9.67. The van der Waals surface area contributed by atoms with Crippen molar-refractivity contribution in [2.75, 3.05) is 13.6 Å². The van der Waals surface area contributed by atoms with Crippen LogP contribution in [0.15, 0.2) is 0 Å². The van der Waals surface area contributed by atoms with Crippen LogP contribution in [0.4, 0.5) is 0 Å². The van der Waals surface area contributed by atoms with Crippen molar-refractivity contribution in [3.63, 3.8) is 0 Å². The Hall–Kier alpha value is -0.0400. The van der Waals surface area contributed by atoms with Crippen molar-refractivity contribution >= 4 is 0 Å². The fraction of sp³-hybridized carbons (Fsp3) is 1.00. The molecule has 1 heteroatoms. The zero-order valence-electron chi connectivity index (χ0n) is 9.62. The smallest absolute Gasteiger partial charge is 0.00517 e. The molecule has 12 heavy (non-hydrogen) atoms. The van der Waals surface area contributed by atoms with Crippen LogP contribution in [0, 0.1) is 10.8 Å². The predicted octanol–water partition coefficient (Wildman–Crippen LogP) is 3.06. The summed E-state index contributed by atoms with van der Waals surface area (Å²) in [5.74, 6) is 0. The highest BCUT2D eigenvalue weighted by Crippen LogP contribution is 2.41. The van der Waals surface area contributed by atoms with Crippen LogP contribution < -0.4 is 5.32 Å². The topological polar surface area (TPSA) is 12.0 Å². The monoisotopic (exact) mass is 171 g/mol. The van der Waals surface area contributed by atoms with Gasteiger partial charge in [-0.1, -0.05) is 34.6 Å². The number of hydrogen-bond acceptors (Lipinski definition) is 1. The van der Waals surface area contributed by atoms with Crippen molar-refractivity contribution in [2.24, 2.45) is 10.8 Å². The summed E-state index contributed by atoms with van der Waals surface area (Å²) < 4.78 is 0. The minimum absolute atomic E-state index is 0.417. The van der Waals surface area contributed by atoms with Crippen molar-refractivity contribution in [1.82, 2.24) is 5.32 Å². The van der Waals surface area contributed by atoms with E-state index < -0.39 is 0 Å². The number of rotatable bonds is 4. The Morgan fingerprint density at radius 2 is 1.50 bits per heavy atom. The normalized spacial score (nSPS) is 13.5. The van der Waals surface area contributed by atoms with Crippen LogP contribution in [-0.4, -0.2) is 13.6 Å². The molecule has 1 N–H and O–H groups in total. The molecule has 74 valence electrons. The van der Waals surface area contributed by atoms with E-state index in [2.05, 4.69) is 39.9 Å². The second-order valence-electron chi connectivity index (χ2n) is 5.34.